The molecule has 10 nitrogen and oxygen atoms in total. The van der Waals surface area contributed by atoms with Gasteiger partial charge in [-0.1, -0.05) is 297 Å². The fraction of sp³-hybridized carbons (Fsp3) is 0. The minimum absolute atomic E-state index is 0.583. The van der Waals surface area contributed by atoms with E-state index in [2.05, 4.69) is 319 Å². The molecule has 0 aliphatic heterocycles. The third-order valence-electron chi connectivity index (χ3n) is 22.5. The SMILES string of the molecule is c1ccc(-c2ccc3c(c2)c2ccc(-c4ccc5c(c4)oc4cc(-c6nc(-c7ccccc7)nc(-c7ccccc7)n6)ccc45)cc2n3-c2ccccc2)cc1.c1ccc(-c2cccc(-c3nc(-c4ccccc4)nc(-c4ccc5c(c4)oc4cc(-c6ccc7c8cc(-c9ccccc9)ccc8n(-c8ccccc8)c7c6)ccc45)n3)c2)cc1. The second kappa shape index (κ2) is 29.2. The Morgan fingerprint density at radius 3 is 0.712 bits per heavy atom. The van der Waals surface area contributed by atoms with Crippen LogP contribution in [0.1, 0.15) is 0 Å². The minimum Gasteiger partial charge on any atom is -0.456 e. The molecule has 0 atom stereocenters. The summed E-state index contributed by atoms with van der Waals surface area (Å²) in [5.74, 6) is 3.66. The predicted octanol–water partition coefficient (Wildman–Crippen LogP) is 28.1. The molecule has 0 bridgehead atoms. The van der Waals surface area contributed by atoms with E-state index in [0.29, 0.717) is 34.9 Å². The molecular weight excluding hydrogens is 1440 g/mol. The molecule has 0 fully saturated rings. The summed E-state index contributed by atoms with van der Waals surface area (Å²) in [6.45, 7) is 0. The summed E-state index contributed by atoms with van der Waals surface area (Å²) in [4.78, 5) is 29.8. The van der Waals surface area contributed by atoms with E-state index in [1.165, 1.54) is 54.8 Å². The van der Waals surface area contributed by atoms with Gasteiger partial charge >= 0.3 is 0 Å². The van der Waals surface area contributed by atoms with Crippen LogP contribution in [0.5, 0.6) is 0 Å². The normalized spacial score (nSPS) is 11.6. The molecule has 0 saturated heterocycles. The van der Waals surface area contributed by atoms with Gasteiger partial charge in [-0.25, -0.2) is 29.9 Å². The first-order chi connectivity index (χ1) is 58.4. The van der Waals surface area contributed by atoms with Crippen LogP contribution in [0.15, 0.2) is 421 Å². The van der Waals surface area contributed by atoms with Gasteiger partial charge in [0.2, 0.25) is 0 Å². The molecule has 10 heteroatoms. The van der Waals surface area contributed by atoms with E-state index in [1.807, 2.05) is 103 Å². The maximum Gasteiger partial charge on any atom is 0.164 e. The van der Waals surface area contributed by atoms with Crippen molar-refractivity contribution in [2.75, 3.05) is 0 Å². The van der Waals surface area contributed by atoms with E-state index in [4.69, 9.17) is 38.7 Å². The molecular formula is C108H68N8O2. The molecule has 0 N–H and O–H groups in total. The van der Waals surface area contributed by atoms with Crippen molar-refractivity contribution in [3.63, 3.8) is 0 Å². The van der Waals surface area contributed by atoms with Crippen molar-refractivity contribution in [1.82, 2.24) is 39.0 Å². The van der Waals surface area contributed by atoms with Crippen molar-refractivity contribution in [3.8, 4) is 135 Å². The number of hydrogen-bond donors (Lipinski definition) is 0. The predicted molar refractivity (Wildman–Crippen MR) is 483 cm³/mol. The molecule has 118 heavy (non-hydrogen) atoms. The number of rotatable bonds is 13. The Morgan fingerprint density at radius 1 is 0.144 bits per heavy atom. The lowest BCUT2D eigenvalue weighted by Gasteiger charge is -2.09. The average molecular weight is 1510 g/mol. The first-order valence-electron chi connectivity index (χ1n) is 39.6. The fourth-order valence-electron chi connectivity index (χ4n) is 16.7. The second-order valence-corrected chi connectivity index (χ2v) is 29.7. The number of hydrogen-bond acceptors (Lipinski definition) is 8. The Labute approximate surface area is 678 Å². The van der Waals surface area contributed by atoms with Crippen LogP contribution in [0.25, 0.3) is 223 Å². The third kappa shape index (κ3) is 12.7. The monoisotopic (exact) mass is 1510 g/mol. The van der Waals surface area contributed by atoms with Crippen molar-refractivity contribution in [3.05, 3.63) is 413 Å². The highest BCUT2D eigenvalue weighted by Gasteiger charge is 2.22. The molecule has 0 aliphatic rings. The third-order valence-corrected chi connectivity index (χ3v) is 22.5. The number of furan rings is 2. The van der Waals surface area contributed by atoms with Crippen molar-refractivity contribution in [2.24, 2.45) is 0 Å². The van der Waals surface area contributed by atoms with Crippen molar-refractivity contribution in [1.29, 1.82) is 0 Å². The van der Waals surface area contributed by atoms with Crippen LogP contribution in [0.3, 0.4) is 0 Å². The van der Waals surface area contributed by atoms with Gasteiger partial charge in [0, 0.05) is 87.8 Å². The second-order valence-electron chi connectivity index (χ2n) is 29.7. The van der Waals surface area contributed by atoms with E-state index in [9.17, 15) is 0 Å². The molecule has 0 saturated carbocycles. The topological polar surface area (TPSA) is 113 Å². The molecule has 0 aliphatic carbocycles. The van der Waals surface area contributed by atoms with E-state index in [-0.39, 0.29) is 0 Å². The minimum atomic E-state index is 0.583. The van der Waals surface area contributed by atoms with E-state index in [0.717, 1.165) is 133 Å². The van der Waals surface area contributed by atoms with Crippen molar-refractivity contribution < 1.29 is 8.83 Å². The highest BCUT2D eigenvalue weighted by molar-refractivity contribution is 6.14. The molecule has 6 heterocycles. The highest BCUT2D eigenvalue weighted by atomic mass is 16.3. The van der Waals surface area contributed by atoms with Gasteiger partial charge in [-0.3, -0.25) is 0 Å². The van der Waals surface area contributed by atoms with Crippen LogP contribution in [-0.4, -0.2) is 39.0 Å². The zero-order valence-corrected chi connectivity index (χ0v) is 63.7. The summed E-state index contributed by atoms with van der Waals surface area (Å²) < 4.78 is 18.0. The van der Waals surface area contributed by atoms with Crippen LogP contribution in [0.4, 0.5) is 0 Å². The average Bonchev–Trinajstić information content (AvgIpc) is 1.58. The van der Waals surface area contributed by atoms with Crippen LogP contribution in [-0.2, 0) is 0 Å². The van der Waals surface area contributed by atoms with Gasteiger partial charge in [0.05, 0.1) is 22.1 Å². The van der Waals surface area contributed by atoms with Gasteiger partial charge in [0.25, 0.3) is 0 Å². The fourth-order valence-corrected chi connectivity index (χ4v) is 16.7. The first kappa shape index (κ1) is 68.7. The molecule has 0 spiro atoms. The maximum absolute atomic E-state index is 6.68. The van der Waals surface area contributed by atoms with E-state index < -0.39 is 0 Å². The standard InChI is InChI=1S/C57H36N4O.C51H32N4O/c1-5-14-37(15-6-1)40-20-13-21-44(32-40)56-58-55(39-18-9-3-10-19-39)59-57(60-56)45-26-30-49-48-29-25-43(35-53(48)62-54(49)36-45)42-24-28-47-50-33-41(38-16-7-2-8-17-38)27-31-51(50)61(52(47)34-42)46-22-11-4-12-23-46;1-5-13-33(14-6-1)36-24-28-45-44(29-36)41-25-21-37(30-46(41)55(45)40-19-11-4-12-20-40)38-22-26-42-43-27-23-39(32-48(43)56-47(42)31-38)51-53-49(34-15-7-2-8-16-34)52-50(54-51)35-17-9-3-10-18-35/h1-36H;1-32H. The Kier molecular flexibility index (Phi) is 17.0. The molecule has 23 rings (SSSR count). The molecule has 552 valence electrons. The summed E-state index contributed by atoms with van der Waals surface area (Å²) in [7, 11) is 0. The summed E-state index contributed by atoms with van der Waals surface area (Å²) >= 11 is 0. The Balaban J connectivity index is 0.000000143. The van der Waals surface area contributed by atoms with E-state index in [1.54, 1.807) is 0 Å². The summed E-state index contributed by atoms with van der Waals surface area (Å²) in [5, 5.41) is 9.08. The summed E-state index contributed by atoms with van der Waals surface area (Å²) in [6, 6.07) is 144. The first-order valence-corrected chi connectivity index (χ1v) is 39.6. The van der Waals surface area contributed by atoms with Gasteiger partial charge in [0.1, 0.15) is 22.3 Å². The molecule has 0 radical (unpaired) electrons. The van der Waals surface area contributed by atoms with Gasteiger partial charge in [-0.15, -0.1) is 0 Å². The van der Waals surface area contributed by atoms with Gasteiger partial charge < -0.3 is 18.0 Å². The molecule has 0 amide bonds. The smallest absolute Gasteiger partial charge is 0.164 e. The van der Waals surface area contributed by atoms with Crippen molar-refractivity contribution >= 4 is 87.5 Å². The van der Waals surface area contributed by atoms with Crippen LogP contribution >= 0.6 is 0 Å². The van der Waals surface area contributed by atoms with Crippen LogP contribution < -0.4 is 0 Å². The van der Waals surface area contributed by atoms with Gasteiger partial charge in [-0.2, -0.15) is 0 Å². The Bertz CT molecular complexity index is 7710. The van der Waals surface area contributed by atoms with Crippen molar-refractivity contribution in [2.45, 2.75) is 0 Å². The molecule has 0 unspecified atom stereocenters. The Hall–Kier alpha value is -16.0. The van der Waals surface area contributed by atoms with Crippen LogP contribution in [0, 0.1) is 0 Å². The molecule has 17 aromatic carbocycles. The quantitative estimate of drug-likeness (QED) is 0.112. The number of aromatic nitrogens is 8. The number of para-hydroxylation sites is 2. The number of benzene rings is 17. The van der Waals surface area contributed by atoms with Crippen LogP contribution in [0.2, 0.25) is 0 Å². The number of nitrogens with zero attached hydrogens (tertiary/aromatic N) is 8. The maximum atomic E-state index is 6.68. The van der Waals surface area contributed by atoms with E-state index >= 15 is 0 Å². The zero-order chi connectivity index (χ0) is 78.0. The molecule has 6 aromatic heterocycles. The number of fused-ring (bicyclic) bond motifs is 12. The zero-order valence-electron chi connectivity index (χ0n) is 63.7. The summed E-state index contributed by atoms with van der Waals surface area (Å²) in [6.07, 6.45) is 0. The summed E-state index contributed by atoms with van der Waals surface area (Å²) in [5.41, 5.74) is 27.0. The van der Waals surface area contributed by atoms with Gasteiger partial charge in [-0.05, 0) is 171 Å². The lowest BCUT2D eigenvalue weighted by atomic mass is 10.00. The largest absolute Gasteiger partial charge is 0.456 e. The lowest BCUT2D eigenvalue weighted by molar-refractivity contribution is 0.669. The lowest BCUT2D eigenvalue weighted by Crippen LogP contribution is -2.00. The van der Waals surface area contributed by atoms with Gasteiger partial charge in [0.15, 0.2) is 34.9 Å². The highest BCUT2D eigenvalue weighted by Crippen LogP contribution is 2.43. The Morgan fingerprint density at radius 2 is 0.373 bits per heavy atom. The molecule has 23 aromatic rings.